The first-order valence-corrected chi connectivity index (χ1v) is 10.5. The van der Waals surface area contributed by atoms with Crippen LogP contribution in [-0.4, -0.2) is 42.2 Å². The first kappa shape index (κ1) is 20.0. The first-order chi connectivity index (χ1) is 15.7. The molecule has 0 saturated carbocycles. The highest BCUT2D eigenvalue weighted by atomic mass is 16.5. The lowest BCUT2D eigenvalue weighted by Gasteiger charge is -2.30. The summed E-state index contributed by atoms with van der Waals surface area (Å²) in [7, 11) is 0. The number of amides is 1. The number of fused-ring (bicyclic) bond motifs is 2. The molecule has 8 heteroatoms. The molecule has 3 aromatic rings. The lowest BCUT2D eigenvalue weighted by molar-refractivity contribution is -0.111. The average Bonchev–Trinajstić information content (AvgIpc) is 3.03. The molecule has 2 N–H and O–H groups in total. The molecule has 0 spiro atoms. The monoisotopic (exact) mass is 429 g/mol. The Bertz CT molecular complexity index is 1170. The van der Waals surface area contributed by atoms with E-state index in [1.54, 1.807) is 6.20 Å². The van der Waals surface area contributed by atoms with Crippen molar-refractivity contribution in [2.45, 2.75) is 6.61 Å². The topological polar surface area (TPSA) is 88.6 Å². The van der Waals surface area contributed by atoms with Crippen molar-refractivity contribution in [1.82, 2.24) is 9.97 Å². The van der Waals surface area contributed by atoms with Crippen LogP contribution in [0.2, 0.25) is 0 Å². The number of aromatic nitrogens is 2. The van der Waals surface area contributed by atoms with Gasteiger partial charge in [-0.05, 0) is 47.5 Å². The fraction of sp³-hybridized carbons (Fsp3) is 0.208. The maximum Gasteiger partial charge on any atom is 0.248 e. The number of nitrogens with zero attached hydrogens (tertiary/aromatic N) is 3. The molecule has 0 unspecified atom stereocenters. The van der Waals surface area contributed by atoms with Gasteiger partial charge in [0.05, 0.1) is 24.5 Å². The fourth-order valence-electron chi connectivity index (χ4n) is 3.90. The summed E-state index contributed by atoms with van der Waals surface area (Å²) in [6, 6.07) is 11.7. The highest BCUT2D eigenvalue weighted by Gasteiger charge is 2.22. The molecule has 0 bridgehead atoms. The molecular formula is C24H23N5O3. The number of hydrogen-bond donors (Lipinski definition) is 2. The number of pyridine rings is 2. The zero-order chi connectivity index (χ0) is 21.9. The molecule has 162 valence electrons. The summed E-state index contributed by atoms with van der Waals surface area (Å²) in [6.07, 6.45) is 4.70. The molecule has 5 rings (SSSR count). The van der Waals surface area contributed by atoms with Gasteiger partial charge in [-0.1, -0.05) is 12.6 Å². The molecule has 2 aliphatic rings. The Balaban J connectivity index is 1.45. The van der Waals surface area contributed by atoms with Crippen LogP contribution in [0.3, 0.4) is 0 Å². The lowest BCUT2D eigenvalue weighted by atomic mass is 10.1. The third kappa shape index (κ3) is 4.00. The molecule has 0 aliphatic carbocycles. The maximum absolute atomic E-state index is 11.6. The lowest BCUT2D eigenvalue weighted by Crippen LogP contribution is -2.37. The van der Waals surface area contributed by atoms with Crippen LogP contribution in [0.25, 0.3) is 11.1 Å². The summed E-state index contributed by atoms with van der Waals surface area (Å²) in [5.41, 5.74) is 4.87. The number of ether oxygens (including phenoxy) is 2. The van der Waals surface area contributed by atoms with Crippen LogP contribution >= 0.6 is 0 Å². The number of hydrogen-bond acceptors (Lipinski definition) is 7. The molecule has 1 amide bonds. The minimum absolute atomic E-state index is 0.301. The van der Waals surface area contributed by atoms with E-state index in [0.717, 1.165) is 65.9 Å². The Kier molecular flexibility index (Phi) is 5.43. The van der Waals surface area contributed by atoms with Gasteiger partial charge in [-0.25, -0.2) is 9.97 Å². The minimum Gasteiger partial charge on any atom is -0.487 e. The normalized spacial score (nSPS) is 14.8. The van der Waals surface area contributed by atoms with Gasteiger partial charge in [0.25, 0.3) is 0 Å². The summed E-state index contributed by atoms with van der Waals surface area (Å²) >= 11 is 0. The summed E-state index contributed by atoms with van der Waals surface area (Å²) in [5.74, 6) is 1.71. The Morgan fingerprint density at radius 2 is 1.91 bits per heavy atom. The predicted octanol–water partition coefficient (Wildman–Crippen LogP) is 3.74. The summed E-state index contributed by atoms with van der Waals surface area (Å²) < 4.78 is 11.6. The number of carbonyl (C=O) groups is 1. The number of morpholine rings is 1. The van der Waals surface area contributed by atoms with E-state index in [4.69, 9.17) is 9.47 Å². The largest absolute Gasteiger partial charge is 0.487 e. The van der Waals surface area contributed by atoms with E-state index in [0.29, 0.717) is 12.4 Å². The smallest absolute Gasteiger partial charge is 0.248 e. The number of benzene rings is 1. The van der Waals surface area contributed by atoms with Crippen LogP contribution in [0.15, 0.2) is 61.4 Å². The molecule has 1 fully saturated rings. The van der Waals surface area contributed by atoms with E-state index in [1.807, 2.05) is 42.6 Å². The van der Waals surface area contributed by atoms with E-state index in [2.05, 4.69) is 32.1 Å². The predicted molar refractivity (Wildman–Crippen MR) is 123 cm³/mol. The molecule has 2 aromatic heterocycles. The van der Waals surface area contributed by atoms with Crippen molar-refractivity contribution in [3.63, 3.8) is 0 Å². The van der Waals surface area contributed by atoms with E-state index in [9.17, 15) is 4.79 Å². The van der Waals surface area contributed by atoms with Gasteiger partial charge < -0.3 is 25.0 Å². The van der Waals surface area contributed by atoms with Crippen LogP contribution in [0, 0.1) is 0 Å². The van der Waals surface area contributed by atoms with Gasteiger partial charge in [0, 0.05) is 31.2 Å². The minimum atomic E-state index is -0.301. The van der Waals surface area contributed by atoms with Crippen molar-refractivity contribution < 1.29 is 14.3 Å². The van der Waals surface area contributed by atoms with Crippen molar-refractivity contribution in [2.75, 3.05) is 41.8 Å². The molecule has 2 aliphatic heterocycles. The third-order valence-electron chi connectivity index (χ3n) is 5.52. The fourth-order valence-corrected chi connectivity index (χ4v) is 3.90. The Morgan fingerprint density at radius 1 is 1.09 bits per heavy atom. The second-order valence-corrected chi connectivity index (χ2v) is 7.50. The van der Waals surface area contributed by atoms with Crippen LogP contribution in [-0.2, 0) is 16.1 Å². The van der Waals surface area contributed by atoms with Crippen molar-refractivity contribution in [1.29, 1.82) is 0 Å². The van der Waals surface area contributed by atoms with Gasteiger partial charge in [-0.3, -0.25) is 4.79 Å². The summed E-state index contributed by atoms with van der Waals surface area (Å²) in [6.45, 7) is 7.04. The van der Waals surface area contributed by atoms with E-state index in [1.165, 1.54) is 6.08 Å². The molecule has 1 saturated heterocycles. The SMILES string of the molecule is C=CC(=O)Nc1cc(-c2ccc3c(c2)Nc2nccc(N4CCOCC4)c2CO3)ccn1. The average molecular weight is 429 g/mol. The van der Waals surface area contributed by atoms with Crippen LogP contribution in [0.4, 0.5) is 23.0 Å². The number of carbonyl (C=O) groups excluding carboxylic acids is 1. The van der Waals surface area contributed by atoms with E-state index in [-0.39, 0.29) is 5.91 Å². The summed E-state index contributed by atoms with van der Waals surface area (Å²) in [5, 5.41) is 6.15. The van der Waals surface area contributed by atoms with Crippen LogP contribution in [0.1, 0.15) is 5.56 Å². The van der Waals surface area contributed by atoms with Gasteiger partial charge in [0.15, 0.2) is 0 Å². The first-order valence-electron chi connectivity index (χ1n) is 10.5. The van der Waals surface area contributed by atoms with E-state index < -0.39 is 0 Å². The number of rotatable bonds is 4. The summed E-state index contributed by atoms with van der Waals surface area (Å²) in [4.78, 5) is 22.7. The van der Waals surface area contributed by atoms with Crippen molar-refractivity contribution >= 4 is 28.9 Å². The van der Waals surface area contributed by atoms with Crippen molar-refractivity contribution in [2.24, 2.45) is 0 Å². The van der Waals surface area contributed by atoms with Crippen molar-refractivity contribution in [3.8, 4) is 16.9 Å². The second kappa shape index (κ2) is 8.68. The quantitative estimate of drug-likeness (QED) is 0.611. The van der Waals surface area contributed by atoms with E-state index >= 15 is 0 Å². The van der Waals surface area contributed by atoms with Gasteiger partial charge in [0.2, 0.25) is 5.91 Å². The Hall–Kier alpha value is -3.91. The van der Waals surface area contributed by atoms with Crippen LogP contribution < -0.4 is 20.3 Å². The van der Waals surface area contributed by atoms with Gasteiger partial charge in [-0.2, -0.15) is 0 Å². The molecule has 4 heterocycles. The highest BCUT2D eigenvalue weighted by Crippen LogP contribution is 2.39. The molecule has 8 nitrogen and oxygen atoms in total. The Morgan fingerprint density at radius 3 is 2.75 bits per heavy atom. The third-order valence-corrected chi connectivity index (χ3v) is 5.52. The molecule has 0 atom stereocenters. The molecular weight excluding hydrogens is 406 g/mol. The zero-order valence-electron chi connectivity index (χ0n) is 17.5. The number of anilines is 4. The maximum atomic E-state index is 11.6. The molecule has 0 radical (unpaired) electrons. The highest BCUT2D eigenvalue weighted by molar-refractivity contribution is 5.98. The van der Waals surface area contributed by atoms with Gasteiger partial charge in [-0.15, -0.1) is 0 Å². The second-order valence-electron chi connectivity index (χ2n) is 7.50. The standard InChI is InChI=1S/C24H23N5O3/c1-2-23(30)28-22-14-17(5-7-25-22)16-3-4-21-19(13-16)27-24-18(15-32-21)20(6-8-26-24)29-9-11-31-12-10-29/h2-8,13-14H,1,9-12,15H2,(H,26,27)(H,25,28,30). The molecule has 1 aromatic carbocycles. The number of nitrogens with one attached hydrogen (secondary N) is 2. The Labute approximate surface area is 185 Å². The van der Waals surface area contributed by atoms with Gasteiger partial charge in [0.1, 0.15) is 24.0 Å². The van der Waals surface area contributed by atoms with Crippen molar-refractivity contribution in [3.05, 3.63) is 67.0 Å². The zero-order valence-corrected chi connectivity index (χ0v) is 17.5. The molecule has 32 heavy (non-hydrogen) atoms. The van der Waals surface area contributed by atoms with Gasteiger partial charge >= 0.3 is 0 Å². The van der Waals surface area contributed by atoms with Crippen LogP contribution in [0.5, 0.6) is 5.75 Å².